The van der Waals surface area contributed by atoms with Crippen LogP contribution in [-0.2, 0) is 19.6 Å². The van der Waals surface area contributed by atoms with Crippen molar-refractivity contribution in [2.45, 2.75) is 39.4 Å². The van der Waals surface area contributed by atoms with Crippen molar-refractivity contribution in [3.63, 3.8) is 0 Å². The Bertz CT molecular complexity index is 442. The summed E-state index contributed by atoms with van der Waals surface area (Å²) in [6.45, 7) is 7.42. The monoisotopic (exact) mass is 247 g/mol. The van der Waals surface area contributed by atoms with E-state index < -0.39 is 26.1 Å². The number of hydrogen-bond acceptors (Lipinski definition) is 4. The van der Waals surface area contributed by atoms with Gasteiger partial charge in [0.05, 0.1) is 6.54 Å². The van der Waals surface area contributed by atoms with E-state index in [1.807, 2.05) is 0 Å². The fraction of sp³-hybridized carbons (Fsp3) is 0.800. The Labute approximate surface area is 95.9 Å². The Balaban J connectivity index is 2.89. The van der Waals surface area contributed by atoms with Crippen LogP contribution in [0.2, 0.25) is 0 Å². The Morgan fingerprint density at radius 2 is 1.75 bits per heavy atom. The predicted octanol–water partition coefficient (Wildman–Crippen LogP) is 0.552. The van der Waals surface area contributed by atoms with Gasteiger partial charge in [0.15, 0.2) is 10.5 Å². The molecule has 1 fully saturated rings. The molecule has 1 aliphatic rings. The van der Waals surface area contributed by atoms with E-state index in [0.717, 1.165) is 0 Å². The molecule has 0 spiro atoms. The first kappa shape index (κ1) is 13.2. The van der Waals surface area contributed by atoms with Crippen LogP contribution in [0, 0.1) is 5.41 Å². The summed E-state index contributed by atoms with van der Waals surface area (Å²) in [5.41, 5.74) is -0.643. The van der Waals surface area contributed by atoms with Crippen molar-refractivity contribution >= 4 is 21.7 Å². The highest BCUT2D eigenvalue weighted by Crippen LogP contribution is 2.35. The second-order valence-corrected chi connectivity index (χ2v) is 7.91. The predicted molar refractivity (Wildman–Crippen MR) is 59.2 cm³/mol. The highest BCUT2D eigenvalue weighted by molar-refractivity contribution is 7.94. The van der Waals surface area contributed by atoms with Crippen LogP contribution in [0.5, 0.6) is 0 Å². The van der Waals surface area contributed by atoms with Crippen LogP contribution in [0.25, 0.3) is 0 Å². The standard InChI is InChI=1S/C10H17NO4S/c1-9(2,3)7(12)6-11-8(13)10(4,5)16(11,14)15/h6H2,1-5H3. The van der Waals surface area contributed by atoms with Gasteiger partial charge in [-0.05, 0) is 13.8 Å². The van der Waals surface area contributed by atoms with Crippen LogP contribution in [0.4, 0.5) is 0 Å². The minimum Gasteiger partial charge on any atom is -0.297 e. The molecular formula is C10H17NO4S. The topological polar surface area (TPSA) is 71.5 Å². The zero-order chi connectivity index (χ0) is 12.9. The summed E-state index contributed by atoms with van der Waals surface area (Å²) < 4.78 is 22.7. The number of Topliss-reactive ketones (excluding diaryl/α,β-unsaturated/α-hetero) is 1. The quantitative estimate of drug-likeness (QED) is 0.714. The van der Waals surface area contributed by atoms with Gasteiger partial charge in [0.25, 0.3) is 15.9 Å². The Kier molecular flexibility index (Phi) is 2.71. The number of ketones is 1. The third-order valence-electron chi connectivity index (χ3n) is 2.80. The SMILES string of the molecule is CC(C)(C)C(=O)CN1C(=O)C(C)(C)S1(=O)=O. The second-order valence-electron chi connectivity index (χ2n) is 5.50. The third-order valence-corrected chi connectivity index (χ3v) is 5.14. The van der Waals surface area contributed by atoms with Gasteiger partial charge in [-0.2, -0.15) is 0 Å². The summed E-state index contributed by atoms with van der Waals surface area (Å²) in [5.74, 6) is -0.773. The molecule has 6 heteroatoms. The van der Waals surface area contributed by atoms with Gasteiger partial charge < -0.3 is 0 Å². The molecule has 92 valence electrons. The van der Waals surface area contributed by atoms with Crippen molar-refractivity contribution < 1.29 is 18.0 Å². The molecule has 1 amide bonds. The minimum atomic E-state index is -3.64. The van der Waals surface area contributed by atoms with Crippen molar-refractivity contribution in [1.82, 2.24) is 4.31 Å². The number of carbonyl (C=O) groups is 2. The molecule has 0 aliphatic carbocycles. The molecule has 0 saturated carbocycles. The minimum absolute atomic E-state index is 0.264. The molecule has 1 aliphatic heterocycles. The fourth-order valence-electron chi connectivity index (χ4n) is 1.28. The van der Waals surface area contributed by atoms with Gasteiger partial charge in [-0.3, -0.25) is 9.59 Å². The van der Waals surface area contributed by atoms with Crippen LogP contribution in [0.1, 0.15) is 34.6 Å². The Hall–Kier alpha value is -0.910. The summed E-state index contributed by atoms with van der Waals surface area (Å²) in [7, 11) is -3.64. The molecule has 16 heavy (non-hydrogen) atoms. The van der Waals surface area contributed by atoms with Crippen LogP contribution in [0.3, 0.4) is 0 Å². The maximum Gasteiger partial charge on any atom is 0.259 e. The number of nitrogens with zero attached hydrogens (tertiary/aromatic N) is 1. The van der Waals surface area contributed by atoms with Crippen LogP contribution in [0.15, 0.2) is 0 Å². The first-order valence-corrected chi connectivity index (χ1v) is 6.46. The maximum atomic E-state index is 11.7. The average molecular weight is 247 g/mol. The maximum absolute atomic E-state index is 11.7. The van der Waals surface area contributed by atoms with E-state index in [1.54, 1.807) is 20.8 Å². The van der Waals surface area contributed by atoms with Crippen molar-refractivity contribution in [2.24, 2.45) is 5.41 Å². The van der Waals surface area contributed by atoms with E-state index in [0.29, 0.717) is 4.31 Å². The van der Waals surface area contributed by atoms with Crippen LogP contribution < -0.4 is 0 Å². The highest BCUT2D eigenvalue weighted by Gasteiger charge is 2.60. The molecule has 1 rings (SSSR count). The average Bonchev–Trinajstić information content (AvgIpc) is 2.10. The molecule has 0 radical (unpaired) electrons. The van der Waals surface area contributed by atoms with Gasteiger partial charge in [0, 0.05) is 5.41 Å². The normalized spacial score (nSPS) is 22.8. The van der Waals surface area contributed by atoms with E-state index in [9.17, 15) is 18.0 Å². The lowest BCUT2D eigenvalue weighted by molar-refractivity contribution is -0.137. The lowest BCUT2D eigenvalue weighted by atomic mass is 9.91. The molecule has 0 unspecified atom stereocenters. The van der Waals surface area contributed by atoms with Crippen molar-refractivity contribution in [2.75, 3.05) is 6.54 Å². The smallest absolute Gasteiger partial charge is 0.259 e. The van der Waals surface area contributed by atoms with Gasteiger partial charge in [-0.1, -0.05) is 20.8 Å². The molecule has 5 nitrogen and oxygen atoms in total. The molecule has 0 atom stereocenters. The fourth-order valence-corrected chi connectivity index (χ4v) is 2.76. The number of carbonyl (C=O) groups excluding carboxylic acids is 2. The molecule has 0 aromatic rings. The van der Waals surface area contributed by atoms with Crippen LogP contribution in [-0.4, -0.2) is 35.7 Å². The third kappa shape index (κ3) is 1.65. The van der Waals surface area contributed by atoms with Gasteiger partial charge in [0.2, 0.25) is 0 Å². The summed E-state index contributed by atoms with van der Waals surface area (Å²) >= 11 is 0. The van der Waals surface area contributed by atoms with Gasteiger partial charge >= 0.3 is 0 Å². The van der Waals surface area contributed by atoms with Gasteiger partial charge in [-0.25, -0.2) is 12.7 Å². The van der Waals surface area contributed by atoms with Gasteiger partial charge in [0.1, 0.15) is 0 Å². The van der Waals surface area contributed by atoms with Crippen LogP contribution >= 0.6 is 0 Å². The first-order valence-electron chi connectivity index (χ1n) is 5.02. The van der Waals surface area contributed by atoms with E-state index in [2.05, 4.69) is 0 Å². The molecule has 0 aromatic heterocycles. The number of amides is 1. The lowest BCUT2D eigenvalue weighted by Gasteiger charge is -2.43. The summed E-state index contributed by atoms with van der Waals surface area (Å²) in [5, 5.41) is 0. The number of hydrogen-bond donors (Lipinski definition) is 0. The zero-order valence-electron chi connectivity index (χ0n) is 10.2. The first-order chi connectivity index (χ1) is 6.92. The van der Waals surface area contributed by atoms with E-state index in [-0.39, 0.29) is 12.3 Å². The Morgan fingerprint density at radius 1 is 1.31 bits per heavy atom. The van der Waals surface area contributed by atoms with E-state index in [4.69, 9.17) is 0 Å². The van der Waals surface area contributed by atoms with Crippen molar-refractivity contribution in [1.29, 1.82) is 0 Å². The largest absolute Gasteiger partial charge is 0.297 e. The number of sulfonamides is 1. The zero-order valence-corrected chi connectivity index (χ0v) is 11.0. The molecule has 0 bridgehead atoms. The van der Waals surface area contributed by atoms with Gasteiger partial charge in [-0.15, -0.1) is 0 Å². The summed E-state index contributed by atoms with van der Waals surface area (Å²) in [6.07, 6.45) is 0. The molecular weight excluding hydrogens is 230 g/mol. The summed E-state index contributed by atoms with van der Waals surface area (Å²) in [4.78, 5) is 23.2. The van der Waals surface area contributed by atoms with E-state index in [1.165, 1.54) is 13.8 Å². The molecule has 1 saturated heterocycles. The lowest BCUT2D eigenvalue weighted by Crippen LogP contribution is -2.68. The molecule has 0 aromatic carbocycles. The second kappa shape index (κ2) is 3.29. The summed E-state index contributed by atoms with van der Waals surface area (Å²) in [6, 6.07) is 0. The van der Waals surface area contributed by atoms with E-state index >= 15 is 0 Å². The van der Waals surface area contributed by atoms with Crippen molar-refractivity contribution in [3.05, 3.63) is 0 Å². The Morgan fingerprint density at radius 3 is 2.06 bits per heavy atom. The number of rotatable bonds is 2. The molecule has 1 heterocycles. The molecule has 0 N–H and O–H groups in total. The highest BCUT2D eigenvalue weighted by atomic mass is 32.2. The van der Waals surface area contributed by atoms with Crippen molar-refractivity contribution in [3.8, 4) is 0 Å².